The van der Waals surface area contributed by atoms with Gasteiger partial charge in [-0.3, -0.25) is 5.41 Å². The highest BCUT2D eigenvalue weighted by atomic mass is 14.7. The fourth-order valence-electron chi connectivity index (χ4n) is 1.41. The largest absolute Gasteiger partial charge is 0.384 e. The van der Waals surface area contributed by atoms with Gasteiger partial charge in [0.25, 0.3) is 0 Å². The molecule has 14 heavy (non-hydrogen) atoms. The minimum absolute atomic E-state index is 0.132. The lowest BCUT2D eigenvalue weighted by atomic mass is 9.88. The maximum atomic E-state index is 7.26. The van der Waals surface area contributed by atoms with Crippen molar-refractivity contribution in [3.8, 4) is 0 Å². The van der Waals surface area contributed by atoms with Crippen LogP contribution in [-0.4, -0.2) is 5.84 Å². The molecule has 76 valence electrons. The molecule has 2 heteroatoms. The van der Waals surface area contributed by atoms with Crippen LogP contribution < -0.4 is 5.73 Å². The van der Waals surface area contributed by atoms with E-state index in [2.05, 4.69) is 20.8 Å². The summed E-state index contributed by atoms with van der Waals surface area (Å²) in [4.78, 5) is 0. The van der Waals surface area contributed by atoms with E-state index in [4.69, 9.17) is 11.1 Å². The Kier molecular flexibility index (Phi) is 2.94. The molecule has 2 nitrogen and oxygen atoms in total. The van der Waals surface area contributed by atoms with Gasteiger partial charge >= 0.3 is 0 Å². The summed E-state index contributed by atoms with van der Waals surface area (Å²) >= 11 is 0. The SMILES string of the molecule is CC(C)(C)Cc1ccc(C(=N)N)cc1. The molecule has 0 fully saturated rings. The Hall–Kier alpha value is -1.31. The third-order valence-corrected chi connectivity index (χ3v) is 2.00. The highest BCUT2D eigenvalue weighted by Crippen LogP contribution is 2.20. The normalized spacial score (nSPS) is 11.4. The first-order valence-electron chi connectivity index (χ1n) is 4.82. The van der Waals surface area contributed by atoms with E-state index >= 15 is 0 Å². The molecule has 0 radical (unpaired) electrons. The number of amidine groups is 1. The maximum Gasteiger partial charge on any atom is 0.122 e. The first-order chi connectivity index (χ1) is 6.38. The Labute approximate surface area is 85.6 Å². The maximum absolute atomic E-state index is 7.26. The van der Waals surface area contributed by atoms with Crippen LogP contribution in [0.25, 0.3) is 0 Å². The Morgan fingerprint density at radius 3 is 2.07 bits per heavy atom. The van der Waals surface area contributed by atoms with Crippen LogP contribution in [0.5, 0.6) is 0 Å². The predicted molar refractivity (Wildman–Crippen MR) is 60.6 cm³/mol. The highest BCUT2D eigenvalue weighted by Gasteiger charge is 2.10. The van der Waals surface area contributed by atoms with Crippen molar-refractivity contribution in [2.24, 2.45) is 11.1 Å². The van der Waals surface area contributed by atoms with Crippen molar-refractivity contribution in [2.45, 2.75) is 27.2 Å². The van der Waals surface area contributed by atoms with Crippen LogP contribution in [0.3, 0.4) is 0 Å². The van der Waals surface area contributed by atoms with Gasteiger partial charge in [-0.2, -0.15) is 0 Å². The third-order valence-electron chi connectivity index (χ3n) is 2.00. The molecule has 0 spiro atoms. The van der Waals surface area contributed by atoms with E-state index in [-0.39, 0.29) is 5.84 Å². The molecule has 0 unspecified atom stereocenters. The Balaban J connectivity index is 2.79. The molecule has 0 aliphatic rings. The van der Waals surface area contributed by atoms with E-state index in [1.54, 1.807) is 0 Å². The standard InChI is InChI=1S/C12H18N2/c1-12(2,3)8-9-4-6-10(7-5-9)11(13)14/h4-7H,8H2,1-3H3,(H3,13,14). The van der Waals surface area contributed by atoms with Gasteiger partial charge in [-0.25, -0.2) is 0 Å². The lowest BCUT2D eigenvalue weighted by Gasteiger charge is -2.18. The van der Waals surface area contributed by atoms with Gasteiger partial charge in [0.1, 0.15) is 5.84 Å². The van der Waals surface area contributed by atoms with E-state index in [0.29, 0.717) is 5.41 Å². The second-order valence-electron chi connectivity index (χ2n) is 4.85. The smallest absolute Gasteiger partial charge is 0.122 e. The van der Waals surface area contributed by atoms with Crippen molar-refractivity contribution >= 4 is 5.84 Å². The Bertz CT molecular complexity index is 317. The van der Waals surface area contributed by atoms with Crippen LogP contribution in [-0.2, 0) is 6.42 Å². The first kappa shape index (κ1) is 10.8. The van der Waals surface area contributed by atoms with Crippen molar-refractivity contribution in [2.75, 3.05) is 0 Å². The number of nitrogens with one attached hydrogen (secondary N) is 1. The van der Waals surface area contributed by atoms with Gasteiger partial charge in [-0.15, -0.1) is 0 Å². The zero-order valence-electron chi connectivity index (χ0n) is 9.09. The summed E-state index contributed by atoms with van der Waals surface area (Å²) in [6, 6.07) is 7.90. The Morgan fingerprint density at radius 1 is 1.21 bits per heavy atom. The molecule has 3 N–H and O–H groups in total. The van der Waals surface area contributed by atoms with Crippen LogP contribution in [0.2, 0.25) is 0 Å². The number of benzene rings is 1. The van der Waals surface area contributed by atoms with E-state index < -0.39 is 0 Å². The lowest BCUT2D eigenvalue weighted by Crippen LogP contribution is -2.12. The summed E-state index contributed by atoms with van der Waals surface area (Å²) in [7, 11) is 0. The zero-order chi connectivity index (χ0) is 10.8. The van der Waals surface area contributed by atoms with Gasteiger partial charge < -0.3 is 5.73 Å². The fourth-order valence-corrected chi connectivity index (χ4v) is 1.41. The molecule has 0 bridgehead atoms. The molecule has 1 aromatic carbocycles. The highest BCUT2D eigenvalue weighted by molar-refractivity contribution is 5.94. The topological polar surface area (TPSA) is 49.9 Å². The average molecular weight is 190 g/mol. The van der Waals surface area contributed by atoms with Gasteiger partial charge in [0.15, 0.2) is 0 Å². The zero-order valence-corrected chi connectivity index (χ0v) is 9.09. The Morgan fingerprint density at radius 2 is 1.71 bits per heavy atom. The van der Waals surface area contributed by atoms with Crippen molar-refractivity contribution in [1.82, 2.24) is 0 Å². The lowest BCUT2D eigenvalue weighted by molar-refractivity contribution is 0.411. The number of nitrogen functional groups attached to an aromatic ring is 1. The molecular formula is C12H18N2. The minimum Gasteiger partial charge on any atom is -0.384 e. The van der Waals surface area contributed by atoms with E-state index in [1.165, 1.54) is 5.56 Å². The number of hydrogen-bond donors (Lipinski definition) is 2. The monoisotopic (exact) mass is 190 g/mol. The van der Waals surface area contributed by atoms with Crippen LogP contribution in [0.1, 0.15) is 31.9 Å². The molecular weight excluding hydrogens is 172 g/mol. The van der Waals surface area contributed by atoms with Gasteiger partial charge in [0, 0.05) is 5.56 Å². The molecule has 0 saturated heterocycles. The third kappa shape index (κ3) is 3.21. The number of hydrogen-bond acceptors (Lipinski definition) is 1. The van der Waals surface area contributed by atoms with Gasteiger partial charge in [0.05, 0.1) is 0 Å². The number of nitrogens with two attached hydrogens (primary N) is 1. The average Bonchev–Trinajstić information content (AvgIpc) is 2.02. The first-order valence-corrected chi connectivity index (χ1v) is 4.82. The summed E-state index contributed by atoms with van der Waals surface area (Å²) in [5, 5.41) is 7.26. The molecule has 0 atom stereocenters. The molecule has 0 amide bonds. The van der Waals surface area contributed by atoms with Crippen LogP contribution in [0, 0.1) is 10.8 Å². The van der Waals surface area contributed by atoms with Gasteiger partial charge in [-0.1, -0.05) is 45.0 Å². The molecule has 1 rings (SSSR count). The molecule has 0 aliphatic carbocycles. The van der Waals surface area contributed by atoms with Gasteiger partial charge in [0.2, 0.25) is 0 Å². The molecule has 0 saturated carbocycles. The summed E-state index contributed by atoms with van der Waals surface area (Å²) in [6.45, 7) is 6.64. The fraction of sp³-hybridized carbons (Fsp3) is 0.417. The van der Waals surface area contributed by atoms with Crippen LogP contribution in [0.15, 0.2) is 24.3 Å². The van der Waals surface area contributed by atoms with Crippen LogP contribution >= 0.6 is 0 Å². The second kappa shape index (κ2) is 3.82. The quantitative estimate of drug-likeness (QED) is 0.546. The summed E-state index contributed by atoms with van der Waals surface area (Å²) < 4.78 is 0. The van der Waals surface area contributed by atoms with Crippen molar-refractivity contribution < 1.29 is 0 Å². The minimum atomic E-state index is 0.132. The van der Waals surface area contributed by atoms with Crippen LogP contribution in [0.4, 0.5) is 0 Å². The second-order valence-corrected chi connectivity index (χ2v) is 4.85. The summed E-state index contributed by atoms with van der Waals surface area (Å²) in [5.41, 5.74) is 7.77. The number of rotatable bonds is 2. The van der Waals surface area contributed by atoms with E-state index in [9.17, 15) is 0 Å². The summed E-state index contributed by atoms with van der Waals surface area (Å²) in [6.07, 6.45) is 1.05. The molecule has 0 aromatic heterocycles. The molecule has 0 heterocycles. The molecule has 1 aromatic rings. The van der Waals surface area contributed by atoms with E-state index in [0.717, 1.165) is 12.0 Å². The van der Waals surface area contributed by atoms with Crippen molar-refractivity contribution in [3.63, 3.8) is 0 Å². The van der Waals surface area contributed by atoms with Crippen molar-refractivity contribution in [1.29, 1.82) is 5.41 Å². The summed E-state index contributed by atoms with van der Waals surface area (Å²) in [5.74, 6) is 0.132. The van der Waals surface area contributed by atoms with E-state index in [1.807, 2.05) is 24.3 Å². The van der Waals surface area contributed by atoms with Crippen molar-refractivity contribution in [3.05, 3.63) is 35.4 Å². The molecule has 0 aliphatic heterocycles. The predicted octanol–water partition coefficient (Wildman–Crippen LogP) is 2.56. The van der Waals surface area contributed by atoms with Gasteiger partial charge in [-0.05, 0) is 17.4 Å².